The number of nitrogens with one attached hydrogen (secondary N) is 2. The number of ether oxygens (including phenoxy) is 1. The summed E-state index contributed by atoms with van der Waals surface area (Å²) < 4.78 is 6.00. The minimum absolute atomic E-state index is 0.0706. The van der Waals surface area contributed by atoms with E-state index in [9.17, 15) is 19.5 Å². The van der Waals surface area contributed by atoms with Gasteiger partial charge >= 0.3 is 5.97 Å². The van der Waals surface area contributed by atoms with Gasteiger partial charge in [0.25, 0.3) is 5.91 Å². The Morgan fingerprint density at radius 1 is 0.820 bits per heavy atom. The number of carboxylic acids is 1. The lowest BCUT2D eigenvalue weighted by molar-refractivity contribution is -0.141. The summed E-state index contributed by atoms with van der Waals surface area (Å²) in [5.41, 5.74) is 4.89. The molecular formula is C41H48N4O5. The Kier molecular flexibility index (Phi) is 12.0. The van der Waals surface area contributed by atoms with Crippen molar-refractivity contribution >= 4 is 17.8 Å². The molecule has 2 amide bonds. The van der Waals surface area contributed by atoms with Gasteiger partial charge in [-0.3, -0.25) is 14.4 Å². The molecule has 1 fully saturated rings. The van der Waals surface area contributed by atoms with E-state index in [-0.39, 0.29) is 11.8 Å². The maximum absolute atomic E-state index is 13.2. The van der Waals surface area contributed by atoms with E-state index in [0.717, 1.165) is 52.5 Å². The van der Waals surface area contributed by atoms with Gasteiger partial charge in [-0.2, -0.15) is 0 Å². The Balaban J connectivity index is 1.21. The average Bonchev–Trinajstić information content (AvgIpc) is 3.12. The van der Waals surface area contributed by atoms with Crippen LogP contribution >= 0.6 is 0 Å². The van der Waals surface area contributed by atoms with Crippen LogP contribution in [0.15, 0.2) is 85.2 Å². The highest BCUT2D eigenvalue weighted by atomic mass is 16.5. The first kappa shape index (κ1) is 36.2. The number of aliphatic carboxylic acids is 1. The fourth-order valence-corrected chi connectivity index (χ4v) is 6.16. The quantitative estimate of drug-likeness (QED) is 0.135. The summed E-state index contributed by atoms with van der Waals surface area (Å²) in [6.45, 7) is 8.40. The van der Waals surface area contributed by atoms with E-state index < -0.39 is 29.9 Å². The number of benzene rings is 3. The fourth-order valence-electron chi connectivity index (χ4n) is 6.16. The van der Waals surface area contributed by atoms with Crippen molar-refractivity contribution in [3.8, 4) is 28.3 Å². The van der Waals surface area contributed by atoms with Gasteiger partial charge < -0.3 is 20.5 Å². The molecule has 4 aromatic rings. The zero-order chi connectivity index (χ0) is 35.7. The van der Waals surface area contributed by atoms with E-state index >= 15 is 0 Å². The molecule has 2 atom stereocenters. The highest BCUT2D eigenvalue weighted by Crippen LogP contribution is 2.28. The van der Waals surface area contributed by atoms with Gasteiger partial charge in [-0.25, -0.2) is 9.97 Å². The Bertz CT molecular complexity index is 1720. The molecule has 1 aliphatic rings. The number of carboxylic acid groups (broad SMARTS) is 1. The second kappa shape index (κ2) is 16.6. The van der Waals surface area contributed by atoms with E-state index in [2.05, 4.69) is 41.4 Å². The lowest BCUT2D eigenvalue weighted by Gasteiger charge is -2.21. The van der Waals surface area contributed by atoms with Crippen LogP contribution in [0.3, 0.4) is 0 Å². The van der Waals surface area contributed by atoms with E-state index in [0.29, 0.717) is 11.4 Å². The van der Waals surface area contributed by atoms with Crippen LogP contribution in [-0.2, 0) is 21.4 Å². The van der Waals surface area contributed by atoms with Gasteiger partial charge in [0.05, 0.1) is 6.61 Å². The molecule has 9 heteroatoms. The third-order valence-electron chi connectivity index (χ3n) is 9.38. The molecule has 0 bridgehead atoms. The van der Waals surface area contributed by atoms with Gasteiger partial charge in [-0.1, -0.05) is 101 Å². The van der Waals surface area contributed by atoms with Gasteiger partial charge in [-0.15, -0.1) is 0 Å². The normalized spacial score (nSPS) is 14.7. The predicted molar refractivity (Wildman–Crippen MR) is 195 cm³/mol. The second-order valence-corrected chi connectivity index (χ2v) is 14.3. The molecule has 3 N–H and O–H groups in total. The zero-order valence-electron chi connectivity index (χ0n) is 29.4. The van der Waals surface area contributed by atoms with Crippen LogP contribution in [0, 0.1) is 5.92 Å². The second-order valence-electron chi connectivity index (χ2n) is 14.3. The molecule has 0 aliphatic heterocycles. The van der Waals surface area contributed by atoms with E-state index in [1.807, 2.05) is 60.7 Å². The van der Waals surface area contributed by atoms with E-state index in [1.54, 1.807) is 24.5 Å². The SMILES string of the molecule is C[C@H](NC(=O)C(Cc1ccc(-c2ncc(-c3ccc(OCCC4CCCCC4)cc3)cn2)cc1)NC(=O)c1ccc(C(C)(C)C)cc1)C(=O)O. The molecule has 1 unspecified atom stereocenters. The lowest BCUT2D eigenvalue weighted by Crippen LogP contribution is -2.51. The number of hydrogen-bond acceptors (Lipinski definition) is 6. The van der Waals surface area contributed by atoms with Crippen LogP contribution in [-0.4, -0.2) is 51.5 Å². The molecule has 9 nitrogen and oxygen atoms in total. The average molecular weight is 677 g/mol. The number of carbonyl (C=O) groups excluding carboxylic acids is 2. The Morgan fingerprint density at radius 3 is 2.04 bits per heavy atom. The summed E-state index contributed by atoms with van der Waals surface area (Å²) in [6, 6.07) is 20.6. The van der Waals surface area contributed by atoms with Crippen molar-refractivity contribution in [1.29, 1.82) is 0 Å². The lowest BCUT2D eigenvalue weighted by atomic mass is 9.86. The number of carbonyl (C=O) groups is 3. The molecule has 262 valence electrons. The molecule has 1 heterocycles. The molecular weight excluding hydrogens is 628 g/mol. The highest BCUT2D eigenvalue weighted by Gasteiger charge is 2.25. The maximum atomic E-state index is 13.2. The first-order valence-corrected chi connectivity index (χ1v) is 17.6. The first-order chi connectivity index (χ1) is 24.0. The number of rotatable bonds is 13. The first-order valence-electron chi connectivity index (χ1n) is 17.6. The molecule has 0 saturated heterocycles. The molecule has 0 spiro atoms. The summed E-state index contributed by atoms with van der Waals surface area (Å²) in [4.78, 5) is 46.9. The molecule has 1 saturated carbocycles. The van der Waals surface area contributed by atoms with E-state index in [4.69, 9.17) is 4.74 Å². The van der Waals surface area contributed by atoms with Crippen molar-refractivity contribution in [2.75, 3.05) is 6.61 Å². The summed E-state index contributed by atoms with van der Waals surface area (Å²) in [5, 5.41) is 14.6. The summed E-state index contributed by atoms with van der Waals surface area (Å²) in [7, 11) is 0. The summed E-state index contributed by atoms with van der Waals surface area (Å²) >= 11 is 0. The van der Waals surface area contributed by atoms with Gasteiger partial charge in [0.2, 0.25) is 5.91 Å². The summed E-state index contributed by atoms with van der Waals surface area (Å²) in [6.07, 6.45) is 11.6. The number of nitrogens with zero attached hydrogens (tertiary/aromatic N) is 2. The van der Waals surface area contributed by atoms with Crippen LogP contribution < -0.4 is 15.4 Å². The van der Waals surface area contributed by atoms with Crippen LogP contribution in [0.1, 0.15) is 87.7 Å². The molecule has 1 aromatic heterocycles. The molecule has 0 radical (unpaired) electrons. The largest absolute Gasteiger partial charge is 0.494 e. The summed E-state index contributed by atoms with van der Waals surface area (Å²) in [5.74, 6) is 0.0507. The number of aromatic nitrogens is 2. The minimum atomic E-state index is -1.16. The van der Waals surface area contributed by atoms with Crippen LogP contribution in [0.4, 0.5) is 0 Å². The van der Waals surface area contributed by atoms with Crippen molar-refractivity contribution in [3.63, 3.8) is 0 Å². The Morgan fingerprint density at radius 2 is 1.44 bits per heavy atom. The van der Waals surface area contributed by atoms with Crippen molar-refractivity contribution in [1.82, 2.24) is 20.6 Å². The standard InChI is InChI=1S/C41H48N4O5/c1-27(40(48)49)44-39(47)36(45-38(46)32-14-18-34(19-15-32)41(2,3)4)24-29-10-12-31(13-11-29)37-42-25-33(26-43-37)30-16-20-35(21-17-30)50-23-22-28-8-6-5-7-9-28/h10-21,25-28,36H,5-9,22-24H2,1-4H3,(H,44,47)(H,45,46)(H,48,49)/t27-,36?/m0/s1. The van der Waals surface area contributed by atoms with Crippen LogP contribution in [0.5, 0.6) is 5.75 Å². The Hall–Kier alpha value is -5.05. The van der Waals surface area contributed by atoms with E-state index in [1.165, 1.54) is 39.0 Å². The van der Waals surface area contributed by atoms with Gasteiger partial charge in [-0.05, 0) is 65.6 Å². The maximum Gasteiger partial charge on any atom is 0.325 e. The third kappa shape index (κ3) is 10.00. The van der Waals surface area contributed by atoms with Gasteiger partial charge in [0.1, 0.15) is 17.8 Å². The number of hydrogen-bond donors (Lipinski definition) is 3. The van der Waals surface area contributed by atoms with Crippen molar-refractivity contribution in [2.45, 2.75) is 90.1 Å². The predicted octanol–water partition coefficient (Wildman–Crippen LogP) is 7.39. The van der Waals surface area contributed by atoms with Gasteiger partial charge in [0.15, 0.2) is 5.82 Å². The molecule has 5 rings (SSSR count). The molecule has 50 heavy (non-hydrogen) atoms. The zero-order valence-corrected chi connectivity index (χ0v) is 29.4. The smallest absolute Gasteiger partial charge is 0.325 e. The minimum Gasteiger partial charge on any atom is -0.494 e. The third-order valence-corrected chi connectivity index (χ3v) is 9.38. The van der Waals surface area contributed by atoms with Crippen molar-refractivity contribution in [2.24, 2.45) is 5.92 Å². The Labute approximate surface area is 294 Å². The van der Waals surface area contributed by atoms with Crippen LogP contribution in [0.2, 0.25) is 0 Å². The fraction of sp³-hybridized carbons (Fsp3) is 0.390. The highest BCUT2D eigenvalue weighted by molar-refractivity contribution is 5.98. The topological polar surface area (TPSA) is 131 Å². The monoisotopic (exact) mass is 676 g/mol. The van der Waals surface area contributed by atoms with Gasteiger partial charge in [0, 0.05) is 35.5 Å². The van der Waals surface area contributed by atoms with Crippen molar-refractivity contribution in [3.05, 3.63) is 102 Å². The molecule has 3 aromatic carbocycles. The van der Waals surface area contributed by atoms with Crippen LogP contribution in [0.25, 0.3) is 22.5 Å². The van der Waals surface area contributed by atoms with Crippen molar-refractivity contribution < 1.29 is 24.2 Å². The molecule has 1 aliphatic carbocycles. The number of amides is 2.